The Kier molecular flexibility index (Phi) is 2.72. The molecule has 18 heavy (non-hydrogen) atoms. The number of piperazine rings is 1. The molecular weight excluding hydrogens is 232 g/mol. The van der Waals surface area contributed by atoms with Crippen LogP contribution in [0.2, 0.25) is 0 Å². The SMILES string of the molecule is N#CC1CNCCN1C(=O)c1n[nH]c(C2CC2)n1. The smallest absolute Gasteiger partial charge is 0.294 e. The summed E-state index contributed by atoms with van der Waals surface area (Å²) in [7, 11) is 0. The van der Waals surface area contributed by atoms with Crippen LogP contribution >= 0.6 is 0 Å². The number of H-pyrrole nitrogens is 1. The van der Waals surface area contributed by atoms with Crippen LogP contribution in [0.4, 0.5) is 0 Å². The van der Waals surface area contributed by atoms with Gasteiger partial charge in [-0.2, -0.15) is 5.26 Å². The van der Waals surface area contributed by atoms with Crippen LogP contribution in [0.5, 0.6) is 0 Å². The van der Waals surface area contributed by atoms with E-state index in [1.807, 2.05) is 0 Å². The van der Waals surface area contributed by atoms with Gasteiger partial charge in [0.25, 0.3) is 5.91 Å². The van der Waals surface area contributed by atoms with Gasteiger partial charge in [-0.05, 0) is 12.8 Å². The highest BCUT2D eigenvalue weighted by Gasteiger charge is 2.32. The number of nitriles is 1. The molecule has 2 N–H and O–H groups in total. The molecule has 1 amide bonds. The third-order valence-corrected chi connectivity index (χ3v) is 3.31. The molecule has 1 aromatic rings. The number of aromatic amines is 1. The average Bonchev–Trinajstić information content (AvgIpc) is 3.16. The molecule has 0 spiro atoms. The van der Waals surface area contributed by atoms with E-state index in [4.69, 9.17) is 5.26 Å². The predicted molar refractivity (Wildman–Crippen MR) is 61.7 cm³/mol. The van der Waals surface area contributed by atoms with Crippen LogP contribution < -0.4 is 5.32 Å². The molecule has 1 aromatic heterocycles. The van der Waals surface area contributed by atoms with E-state index in [2.05, 4.69) is 26.6 Å². The fourth-order valence-electron chi connectivity index (χ4n) is 2.10. The van der Waals surface area contributed by atoms with Crippen molar-refractivity contribution in [1.82, 2.24) is 25.4 Å². The van der Waals surface area contributed by atoms with E-state index in [-0.39, 0.29) is 11.7 Å². The van der Waals surface area contributed by atoms with Gasteiger partial charge in [-0.3, -0.25) is 9.89 Å². The zero-order chi connectivity index (χ0) is 12.5. The number of amides is 1. The van der Waals surface area contributed by atoms with Crippen molar-refractivity contribution < 1.29 is 4.79 Å². The number of hydrogen-bond donors (Lipinski definition) is 2. The Hall–Kier alpha value is -1.94. The van der Waals surface area contributed by atoms with Crippen molar-refractivity contribution in [2.45, 2.75) is 24.8 Å². The number of carbonyl (C=O) groups is 1. The summed E-state index contributed by atoms with van der Waals surface area (Å²) in [4.78, 5) is 18.0. The average molecular weight is 246 g/mol. The molecule has 1 aliphatic heterocycles. The Balaban J connectivity index is 1.77. The zero-order valence-corrected chi connectivity index (χ0v) is 9.89. The van der Waals surface area contributed by atoms with Crippen molar-refractivity contribution in [1.29, 1.82) is 5.26 Å². The minimum Gasteiger partial charge on any atom is -0.317 e. The van der Waals surface area contributed by atoms with Crippen molar-refractivity contribution in [2.75, 3.05) is 19.6 Å². The first-order valence-electron chi connectivity index (χ1n) is 6.13. The molecule has 3 rings (SSSR count). The van der Waals surface area contributed by atoms with Gasteiger partial charge >= 0.3 is 0 Å². The van der Waals surface area contributed by atoms with Crippen molar-refractivity contribution >= 4 is 5.91 Å². The van der Waals surface area contributed by atoms with Gasteiger partial charge in [0.1, 0.15) is 11.9 Å². The van der Waals surface area contributed by atoms with Crippen LogP contribution in [0, 0.1) is 11.3 Å². The summed E-state index contributed by atoms with van der Waals surface area (Å²) >= 11 is 0. The maximum Gasteiger partial charge on any atom is 0.294 e. The van der Waals surface area contributed by atoms with Gasteiger partial charge in [-0.25, -0.2) is 4.98 Å². The molecule has 1 unspecified atom stereocenters. The molecule has 0 aromatic carbocycles. The Morgan fingerprint density at radius 3 is 3.06 bits per heavy atom. The van der Waals surface area contributed by atoms with Crippen molar-refractivity contribution in [2.24, 2.45) is 0 Å². The molecule has 1 saturated heterocycles. The van der Waals surface area contributed by atoms with E-state index in [1.54, 1.807) is 0 Å². The second kappa shape index (κ2) is 4.38. The van der Waals surface area contributed by atoms with Gasteiger partial charge in [-0.15, -0.1) is 5.10 Å². The second-order valence-electron chi connectivity index (χ2n) is 4.67. The number of hydrogen-bond acceptors (Lipinski definition) is 5. The zero-order valence-electron chi connectivity index (χ0n) is 9.89. The lowest BCUT2D eigenvalue weighted by atomic mass is 10.2. The highest BCUT2D eigenvalue weighted by Crippen LogP contribution is 2.37. The molecule has 7 heteroatoms. The number of nitrogens with zero attached hydrogens (tertiary/aromatic N) is 4. The molecule has 1 atom stereocenters. The van der Waals surface area contributed by atoms with E-state index in [0.717, 1.165) is 18.7 Å². The highest BCUT2D eigenvalue weighted by molar-refractivity contribution is 5.91. The Labute approximate surface area is 104 Å². The molecule has 7 nitrogen and oxygen atoms in total. The Bertz CT molecular complexity index is 500. The quantitative estimate of drug-likeness (QED) is 0.741. The fraction of sp³-hybridized carbons (Fsp3) is 0.636. The molecular formula is C11H14N6O. The summed E-state index contributed by atoms with van der Waals surface area (Å²) in [5.74, 6) is 1.15. The van der Waals surface area contributed by atoms with Gasteiger partial charge in [0.15, 0.2) is 0 Å². The highest BCUT2D eigenvalue weighted by atomic mass is 16.2. The van der Waals surface area contributed by atoms with Crippen LogP contribution in [0.1, 0.15) is 35.2 Å². The minimum atomic E-state index is -0.436. The Morgan fingerprint density at radius 1 is 1.50 bits per heavy atom. The maximum absolute atomic E-state index is 12.2. The number of rotatable bonds is 2. The second-order valence-corrected chi connectivity index (χ2v) is 4.67. The molecule has 94 valence electrons. The maximum atomic E-state index is 12.2. The number of carbonyl (C=O) groups excluding carboxylic acids is 1. The van der Waals surface area contributed by atoms with E-state index in [1.165, 1.54) is 4.90 Å². The molecule has 0 bridgehead atoms. The fourth-order valence-corrected chi connectivity index (χ4v) is 2.10. The minimum absolute atomic E-state index is 0.180. The lowest BCUT2D eigenvalue weighted by Crippen LogP contribution is -2.53. The van der Waals surface area contributed by atoms with Gasteiger partial charge in [-0.1, -0.05) is 0 Å². The first kappa shape index (κ1) is 11.2. The molecule has 1 saturated carbocycles. The van der Waals surface area contributed by atoms with E-state index in [0.29, 0.717) is 25.6 Å². The molecule has 2 heterocycles. The van der Waals surface area contributed by atoms with E-state index >= 15 is 0 Å². The topological polar surface area (TPSA) is 97.7 Å². The van der Waals surface area contributed by atoms with Crippen LogP contribution in [-0.2, 0) is 0 Å². The number of nitrogens with one attached hydrogen (secondary N) is 2. The van der Waals surface area contributed by atoms with Gasteiger partial charge in [0, 0.05) is 25.6 Å². The largest absolute Gasteiger partial charge is 0.317 e. The molecule has 1 aliphatic carbocycles. The third kappa shape index (κ3) is 1.95. The van der Waals surface area contributed by atoms with Gasteiger partial charge in [0.2, 0.25) is 5.82 Å². The molecule has 2 fully saturated rings. The first-order valence-corrected chi connectivity index (χ1v) is 6.13. The standard InChI is InChI=1S/C11H14N6O/c12-5-8-6-13-3-4-17(8)11(18)10-14-9(15-16-10)7-1-2-7/h7-8,13H,1-4,6H2,(H,14,15,16). The van der Waals surface area contributed by atoms with Crippen molar-refractivity contribution in [3.8, 4) is 6.07 Å². The summed E-state index contributed by atoms with van der Waals surface area (Å²) in [5.41, 5.74) is 0. The first-order chi connectivity index (χ1) is 8.79. The summed E-state index contributed by atoms with van der Waals surface area (Å²) < 4.78 is 0. The van der Waals surface area contributed by atoms with E-state index in [9.17, 15) is 4.79 Å². The lowest BCUT2D eigenvalue weighted by Gasteiger charge is -2.30. The normalized spacial score (nSPS) is 23.7. The third-order valence-electron chi connectivity index (χ3n) is 3.31. The summed E-state index contributed by atoms with van der Waals surface area (Å²) in [6, 6.07) is 1.69. The summed E-state index contributed by atoms with van der Waals surface area (Å²) in [6.07, 6.45) is 2.22. The van der Waals surface area contributed by atoms with Crippen LogP contribution in [0.15, 0.2) is 0 Å². The summed E-state index contributed by atoms with van der Waals surface area (Å²) in [5, 5.41) is 18.9. The number of aromatic nitrogens is 3. The lowest BCUT2D eigenvalue weighted by molar-refractivity contribution is 0.0675. The van der Waals surface area contributed by atoms with E-state index < -0.39 is 6.04 Å². The summed E-state index contributed by atoms with van der Waals surface area (Å²) in [6.45, 7) is 1.72. The van der Waals surface area contributed by atoms with Crippen LogP contribution in [0.3, 0.4) is 0 Å². The van der Waals surface area contributed by atoms with Crippen LogP contribution in [-0.4, -0.2) is 51.7 Å². The monoisotopic (exact) mass is 246 g/mol. The van der Waals surface area contributed by atoms with Crippen molar-refractivity contribution in [3.63, 3.8) is 0 Å². The molecule has 2 aliphatic rings. The predicted octanol–water partition coefficient (Wildman–Crippen LogP) is -0.380. The molecule has 0 radical (unpaired) electrons. The Morgan fingerprint density at radius 2 is 2.33 bits per heavy atom. The van der Waals surface area contributed by atoms with Gasteiger partial charge < -0.3 is 10.2 Å². The van der Waals surface area contributed by atoms with Crippen molar-refractivity contribution in [3.05, 3.63) is 11.6 Å². The van der Waals surface area contributed by atoms with Gasteiger partial charge in [0.05, 0.1) is 6.07 Å². The van der Waals surface area contributed by atoms with Crippen LogP contribution in [0.25, 0.3) is 0 Å².